The molecule has 0 N–H and O–H groups in total. The topological polar surface area (TPSA) is 23.8 Å². The van der Waals surface area contributed by atoms with Crippen LogP contribution in [0, 0.1) is 23.2 Å². The molecule has 0 bridgehead atoms. The second-order valence-corrected chi connectivity index (χ2v) is 5.11. The van der Waals surface area contributed by atoms with Gasteiger partial charge in [0.2, 0.25) is 0 Å². The van der Waals surface area contributed by atoms with Crippen molar-refractivity contribution in [2.45, 2.75) is 51.4 Å². The summed E-state index contributed by atoms with van der Waals surface area (Å²) in [6.07, 6.45) is 17.1. The van der Waals surface area contributed by atoms with Crippen molar-refractivity contribution in [1.82, 2.24) is 0 Å². The number of rotatable bonds is 1. The van der Waals surface area contributed by atoms with Gasteiger partial charge < -0.3 is 0 Å². The molecule has 0 aromatic heterocycles. The van der Waals surface area contributed by atoms with Gasteiger partial charge in [-0.3, -0.25) is 0 Å². The Kier molecular flexibility index (Phi) is 4.22. The molecule has 2 aliphatic carbocycles. The zero-order chi connectivity index (χ0) is 11.2. The van der Waals surface area contributed by atoms with Crippen LogP contribution in [-0.2, 0) is 0 Å². The van der Waals surface area contributed by atoms with Crippen LogP contribution in [0.2, 0.25) is 0 Å². The van der Waals surface area contributed by atoms with E-state index in [1.54, 1.807) is 0 Å². The van der Waals surface area contributed by atoms with Crippen LogP contribution < -0.4 is 0 Å². The smallest absolute Gasteiger partial charge is 0.0669 e. The van der Waals surface area contributed by atoms with Crippen molar-refractivity contribution in [2.24, 2.45) is 11.8 Å². The molecular formula is C15H21N. The van der Waals surface area contributed by atoms with Crippen LogP contribution >= 0.6 is 0 Å². The van der Waals surface area contributed by atoms with Gasteiger partial charge in [0, 0.05) is 0 Å². The number of hydrogen-bond acceptors (Lipinski definition) is 1. The van der Waals surface area contributed by atoms with Crippen molar-refractivity contribution in [3.05, 3.63) is 23.8 Å². The highest BCUT2D eigenvalue weighted by Gasteiger charge is 2.21. The molecule has 1 fully saturated rings. The van der Waals surface area contributed by atoms with Crippen LogP contribution in [0.5, 0.6) is 0 Å². The summed E-state index contributed by atoms with van der Waals surface area (Å²) in [7, 11) is 0. The third kappa shape index (κ3) is 2.98. The summed E-state index contributed by atoms with van der Waals surface area (Å²) in [5, 5.41) is 8.74. The van der Waals surface area contributed by atoms with E-state index in [9.17, 15) is 0 Å². The predicted octanol–water partition coefficient (Wildman–Crippen LogP) is 4.37. The summed E-state index contributed by atoms with van der Waals surface area (Å²) in [4.78, 5) is 0. The van der Waals surface area contributed by atoms with E-state index < -0.39 is 0 Å². The normalized spacial score (nSPS) is 30.3. The Hall–Kier alpha value is -1.03. The highest BCUT2D eigenvalue weighted by molar-refractivity contribution is 5.28. The Morgan fingerprint density at radius 3 is 2.50 bits per heavy atom. The molecule has 1 heteroatoms. The monoisotopic (exact) mass is 215 g/mol. The number of hydrogen-bond donors (Lipinski definition) is 0. The molecule has 2 rings (SSSR count). The molecule has 0 aromatic rings. The second-order valence-electron chi connectivity index (χ2n) is 5.11. The summed E-state index contributed by atoms with van der Waals surface area (Å²) in [5.74, 6) is 1.46. The number of nitriles is 1. The largest absolute Gasteiger partial charge is 0.198 e. The Bertz CT molecular complexity index is 319. The zero-order valence-corrected chi connectivity index (χ0v) is 9.99. The molecule has 0 heterocycles. The third-order valence-electron chi connectivity index (χ3n) is 3.89. The fraction of sp³-hybridized carbons (Fsp3) is 0.667. The first-order valence-electron chi connectivity index (χ1n) is 6.66. The Balaban J connectivity index is 2.03. The van der Waals surface area contributed by atoms with Crippen LogP contribution in [0.25, 0.3) is 0 Å². The van der Waals surface area contributed by atoms with Gasteiger partial charge in [0.15, 0.2) is 0 Å². The van der Waals surface area contributed by atoms with E-state index in [4.69, 9.17) is 5.26 Å². The lowest BCUT2D eigenvalue weighted by Gasteiger charge is -2.25. The van der Waals surface area contributed by atoms with Crippen molar-refractivity contribution in [2.75, 3.05) is 0 Å². The highest BCUT2D eigenvalue weighted by atomic mass is 14.3. The van der Waals surface area contributed by atoms with Crippen LogP contribution in [0.15, 0.2) is 23.8 Å². The maximum absolute atomic E-state index is 8.74. The Morgan fingerprint density at radius 2 is 1.75 bits per heavy atom. The summed E-state index contributed by atoms with van der Waals surface area (Å²) < 4.78 is 0. The van der Waals surface area contributed by atoms with Crippen LogP contribution in [-0.4, -0.2) is 0 Å². The summed E-state index contributed by atoms with van der Waals surface area (Å²) in [5.41, 5.74) is 1.24. The maximum Gasteiger partial charge on any atom is 0.0669 e. The lowest BCUT2D eigenvalue weighted by molar-refractivity contribution is 0.406. The van der Waals surface area contributed by atoms with Gasteiger partial charge in [-0.25, -0.2) is 0 Å². The molecule has 2 aliphatic rings. The van der Waals surface area contributed by atoms with E-state index >= 15 is 0 Å². The molecule has 0 radical (unpaired) electrons. The first-order valence-corrected chi connectivity index (χ1v) is 6.66. The first-order chi connectivity index (χ1) is 7.90. The van der Waals surface area contributed by atoms with Gasteiger partial charge in [-0.15, -0.1) is 0 Å². The zero-order valence-electron chi connectivity index (χ0n) is 9.99. The van der Waals surface area contributed by atoms with E-state index in [2.05, 4.69) is 24.3 Å². The van der Waals surface area contributed by atoms with E-state index in [1.165, 1.54) is 50.5 Å². The molecule has 2 unspecified atom stereocenters. The average molecular weight is 215 g/mol. The average Bonchev–Trinajstić information content (AvgIpc) is 2.40. The minimum atomic E-state index is 0.583. The van der Waals surface area contributed by atoms with Gasteiger partial charge in [-0.2, -0.15) is 5.26 Å². The van der Waals surface area contributed by atoms with Gasteiger partial charge in [0.1, 0.15) is 0 Å². The standard InChI is InChI=1S/C15H21N/c16-11-10-13-8-9-14-6-4-2-1-3-5-7-15(14)12-13/h8-9,12,14-15H,1-7,10H2. The van der Waals surface area contributed by atoms with Gasteiger partial charge in [0.25, 0.3) is 0 Å². The molecule has 0 aromatic carbocycles. The number of allylic oxidation sites excluding steroid dienone is 4. The number of nitrogens with zero attached hydrogens (tertiary/aromatic N) is 1. The van der Waals surface area contributed by atoms with E-state index in [-0.39, 0.29) is 0 Å². The summed E-state index contributed by atoms with van der Waals surface area (Å²) in [6, 6.07) is 2.25. The Labute approximate surface area is 98.9 Å². The number of fused-ring (bicyclic) bond motifs is 1. The van der Waals surface area contributed by atoms with Crippen molar-refractivity contribution in [3.8, 4) is 6.07 Å². The quantitative estimate of drug-likeness (QED) is 0.637. The fourth-order valence-electron chi connectivity index (χ4n) is 2.95. The van der Waals surface area contributed by atoms with Gasteiger partial charge >= 0.3 is 0 Å². The minimum absolute atomic E-state index is 0.583. The fourth-order valence-corrected chi connectivity index (χ4v) is 2.95. The van der Waals surface area contributed by atoms with Gasteiger partial charge in [0.05, 0.1) is 12.5 Å². The maximum atomic E-state index is 8.74. The molecular weight excluding hydrogens is 194 g/mol. The summed E-state index contributed by atoms with van der Waals surface area (Å²) >= 11 is 0. The molecule has 86 valence electrons. The molecule has 1 saturated carbocycles. The van der Waals surface area contributed by atoms with E-state index in [0.29, 0.717) is 12.3 Å². The van der Waals surface area contributed by atoms with E-state index in [1.807, 2.05) is 0 Å². The van der Waals surface area contributed by atoms with Crippen LogP contribution in [0.4, 0.5) is 0 Å². The lowest BCUT2D eigenvalue weighted by Crippen LogP contribution is -2.14. The molecule has 1 nitrogen and oxygen atoms in total. The lowest BCUT2D eigenvalue weighted by atomic mass is 9.80. The Morgan fingerprint density at radius 1 is 1.06 bits per heavy atom. The van der Waals surface area contributed by atoms with Crippen LogP contribution in [0.1, 0.15) is 51.4 Å². The molecule has 16 heavy (non-hydrogen) atoms. The predicted molar refractivity (Wildman–Crippen MR) is 66.8 cm³/mol. The van der Waals surface area contributed by atoms with Crippen molar-refractivity contribution in [3.63, 3.8) is 0 Å². The molecule has 0 amide bonds. The van der Waals surface area contributed by atoms with Crippen molar-refractivity contribution < 1.29 is 0 Å². The van der Waals surface area contributed by atoms with Crippen LogP contribution in [0.3, 0.4) is 0 Å². The summed E-state index contributed by atoms with van der Waals surface area (Å²) in [6.45, 7) is 0. The van der Waals surface area contributed by atoms with E-state index in [0.717, 1.165) is 5.92 Å². The molecule has 0 saturated heterocycles. The molecule has 0 spiro atoms. The minimum Gasteiger partial charge on any atom is -0.198 e. The SMILES string of the molecule is N#CCC1=CC2CCCCCCCC2C=C1. The van der Waals surface area contributed by atoms with Gasteiger partial charge in [-0.05, 0) is 30.3 Å². The third-order valence-corrected chi connectivity index (χ3v) is 3.89. The highest BCUT2D eigenvalue weighted by Crippen LogP contribution is 2.33. The van der Waals surface area contributed by atoms with Crippen molar-refractivity contribution >= 4 is 0 Å². The second kappa shape index (κ2) is 5.89. The van der Waals surface area contributed by atoms with Gasteiger partial charge in [-0.1, -0.05) is 50.3 Å². The van der Waals surface area contributed by atoms with Crippen molar-refractivity contribution in [1.29, 1.82) is 5.26 Å². The molecule has 2 atom stereocenters. The molecule has 0 aliphatic heterocycles. The first kappa shape index (κ1) is 11.5.